The Labute approximate surface area is 134 Å². The summed E-state index contributed by atoms with van der Waals surface area (Å²) in [5.41, 5.74) is 2.59. The zero-order valence-electron chi connectivity index (χ0n) is 12.7. The topological polar surface area (TPSA) is 55.1 Å². The number of carbonyl (C=O) groups is 1. The maximum atomic E-state index is 12.5. The molecule has 1 heterocycles. The molecule has 116 valence electrons. The second-order valence-electron chi connectivity index (χ2n) is 6.10. The van der Waals surface area contributed by atoms with E-state index in [0.717, 1.165) is 11.0 Å². The van der Waals surface area contributed by atoms with Gasteiger partial charge in [-0.3, -0.25) is 4.79 Å². The summed E-state index contributed by atoms with van der Waals surface area (Å²) in [6, 6.07) is 17.9. The van der Waals surface area contributed by atoms with E-state index in [2.05, 4.69) is 22.6 Å². The molecule has 3 aromatic rings. The average molecular weight is 306 g/mol. The van der Waals surface area contributed by atoms with E-state index in [4.69, 9.17) is 4.52 Å². The number of para-hydroxylation sites is 1. The zero-order valence-corrected chi connectivity index (χ0v) is 12.7. The van der Waals surface area contributed by atoms with Gasteiger partial charge in [-0.05, 0) is 36.5 Å². The van der Waals surface area contributed by atoms with Crippen LogP contribution in [-0.4, -0.2) is 11.1 Å². The van der Waals surface area contributed by atoms with E-state index in [1.54, 1.807) is 0 Å². The summed E-state index contributed by atoms with van der Waals surface area (Å²) in [7, 11) is 0. The summed E-state index contributed by atoms with van der Waals surface area (Å²) in [6.07, 6.45) is 2.59. The Bertz CT molecular complexity index is 822. The van der Waals surface area contributed by atoms with Crippen LogP contribution in [0.15, 0.2) is 59.1 Å². The number of carbonyl (C=O) groups excluding carboxylic acids is 1. The zero-order chi connectivity index (χ0) is 15.6. The SMILES string of the molecule is O=C(Cc1noc2ccccc12)N[C@@H](c1ccccc1)C1CC1. The van der Waals surface area contributed by atoms with Gasteiger partial charge in [0.1, 0.15) is 5.69 Å². The van der Waals surface area contributed by atoms with Gasteiger partial charge in [0.05, 0.1) is 12.5 Å². The smallest absolute Gasteiger partial charge is 0.226 e. The molecule has 1 amide bonds. The van der Waals surface area contributed by atoms with Gasteiger partial charge >= 0.3 is 0 Å². The quantitative estimate of drug-likeness (QED) is 0.783. The highest BCUT2D eigenvalue weighted by atomic mass is 16.5. The predicted octanol–water partition coefficient (Wildman–Crippen LogP) is 3.64. The van der Waals surface area contributed by atoms with Crippen LogP contribution in [0, 0.1) is 5.92 Å². The number of benzene rings is 2. The molecule has 2 aromatic carbocycles. The third-order valence-electron chi connectivity index (χ3n) is 4.35. The highest BCUT2D eigenvalue weighted by Gasteiger charge is 2.33. The first-order valence-corrected chi connectivity index (χ1v) is 7.99. The van der Waals surface area contributed by atoms with Crippen LogP contribution in [0.1, 0.15) is 30.1 Å². The molecule has 0 radical (unpaired) electrons. The molecule has 4 rings (SSSR count). The minimum Gasteiger partial charge on any atom is -0.356 e. The minimum absolute atomic E-state index is 0.00944. The van der Waals surface area contributed by atoms with Gasteiger partial charge in [-0.15, -0.1) is 0 Å². The predicted molar refractivity (Wildman–Crippen MR) is 87.8 cm³/mol. The first-order valence-electron chi connectivity index (χ1n) is 7.99. The van der Waals surface area contributed by atoms with E-state index in [1.807, 2.05) is 42.5 Å². The van der Waals surface area contributed by atoms with Crippen molar-refractivity contribution in [1.29, 1.82) is 0 Å². The first kappa shape index (κ1) is 14.0. The largest absolute Gasteiger partial charge is 0.356 e. The molecule has 0 unspecified atom stereocenters. The van der Waals surface area contributed by atoms with Crippen molar-refractivity contribution in [2.45, 2.75) is 25.3 Å². The number of hydrogen-bond donors (Lipinski definition) is 1. The van der Waals surface area contributed by atoms with Crippen molar-refractivity contribution in [2.75, 3.05) is 0 Å². The fourth-order valence-corrected chi connectivity index (χ4v) is 3.01. The second kappa shape index (κ2) is 5.88. The van der Waals surface area contributed by atoms with Gasteiger partial charge in [-0.25, -0.2) is 0 Å². The third kappa shape index (κ3) is 2.97. The summed E-state index contributed by atoms with van der Waals surface area (Å²) >= 11 is 0. The summed E-state index contributed by atoms with van der Waals surface area (Å²) in [4.78, 5) is 12.5. The molecule has 0 bridgehead atoms. The highest BCUT2D eigenvalue weighted by Crippen LogP contribution is 2.41. The number of nitrogens with zero attached hydrogens (tertiary/aromatic N) is 1. The second-order valence-corrected chi connectivity index (χ2v) is 6.10. The lowest BCUT2D eigenvalue weighted by Crippen LogP contribution is -2.31. The van der Waals surface area contributed by atoms with Gasteiger partial charge in [0.2, 0.25) is 5.91 Å². The molecule has 1 aliphatic carbocycles. The fourth-order valence-electron chi connectivity index (χ4n) is 3.01. The van der Waals surface area contributed by atoms with Crippen LogP contribution >= 0.6 is 0 Å². The Kier molecular flexibility index (Phi) is 3.58. The lowest BCUT2D eigenvalue weighted by atomic mass is 10.0. The molecule has 1 fully saturated rings. The van der Waals surface area contributed by atoms with E-state index in [9.17, 15) is 4.79 Å². The molecule has 1 N–H and O–H groups in total. The van der Waals surface area contributed by atoms with Gasteiger partial charge in [-0.1, -0.05) is 47.6 Å². The average Bonchev–Trinajstić information content (AvgIpc) is 3.36. The lowest BCUT2D eigenvalue weighted by molar-refractivity contribution is -0.121. The van der Waals surface area contributed by atoms with Crippen molar-refractivity contribution in [3.63, 3.8) is 0 Å². The minimum atomic E-state index is -0.00944. The molecular weight excluding hydrogens is 288 g/mol. The van der Waals surface area contributed by atoms with Crippen molar-refractivity contribution >= 4 is 16.9 Å². The molecule has 1 saturated carbocycles. The molecule has 1 atom stereocenters. The van der Waals surface area contributed by atoms with E-state index in [-0.39, 0.29) is 18.4 Å². The molecule has 23 heavy (non-hydrogen) atoms. The molecule has 1 aliphatic rings. The maximum Gasteiger partial charge on any atom is 0.226 e. The van der Waals surface area contributed by atoms with E-state index in [0.29, 0.717) is 11.6 Å². The van der Waals surface area contributed by atoms with Crippen LogP contribution in [0.2, 0.25) is 0 Å². The number of aromatic nitrogens is 1. The van der Waals surface area contributed by atoms with Crippen LogP contribution in [0.25, 0.3) is 11.0 Å². The standard InChI is InChI=1S/C19H18N2O2/c22-18(12-16-15-8-4-5-9-17(15)23-21-16)20-19(14-10-11-14)13-6-2-1-3-7-13/h1-9,14,19H,10-12H2,(H,20,22)/t19-/m0/s1. The van der Waals surface area contributed by atoms with Crippen LogP contribution < -0.4 is 5.32 Å². The summed E-state index contributed by atoms with van der Waals surface area (Å²) in [5, 5.41) is 8.13. The van der Waals surface area contributed by atoms with Crippen molar-refractivity contribution in [3.05, 3.63) is 65.9 Å². The van der Waals surface area contributed by atoms with Gasteiger partial charge < -0.3 is 9.84 Å². The summed E-state index contributed by atoms with van der Waals surface area (Å²) < 4.78 is 5.27. The molecule has 1 aromatic heterocycles. The first-order chi connectivity index (χ1) is 11.3. The van der Waals surface area contributed by atoms with Crippen LogP contribution in [-0.2, 0) is 11.2 Å². The Morgan fingerprint density at radius 2 is 1.87 bits per heavy atom. The summed E-state index contributed by atoms with van der Waals surface area (Å²) in [6.45, 7) is 0. The lowest BCUT2D eigenvalue weighted by Gasteiger charge is -2.18. The van der Waals surface area contributed by atoms with Gasteiger partial charge in [0, 0.05) is 5.39 Å². The highest BCUT2D eigenvalue weighted by molar-refractivity contribution is 5.86. The number of rotatable bonds is 5. The fraction of sp³-hybridized carbons (Fsp3) is 0.263. The van der Waals surface area contributed by atoms with Crippen LogP contribution in [0.5, 0.6) is 0 Å². The van der Waals surface area contributed by atoms with Gasteiger partial charge in [0.25, 0.3) is 0 Å². The molecule has 0 spiro atoms. The van der Waals surface area contributed by atoms with E-state index < -0.39 is 0 Å². The van der Waals surface area contributed by atoms with Crippen molar-refractivity contribution in [2.24, 2.45) is 5.92 Å². The monoisotopic (exact) mass is 306 g/mol. The van der Waals surface area contributed by atoms with Gasteiger partial charge in [-0.2, -0.15) is 0 Å². The Morgan fingerprint density at radius 1 is 1.13 bits per heavy atom. The number of hydrogen-bond acceptors (Lipinski definition) is 3. The maximum absolute atomic E-state index is 12.5. The number of fused-ring (bicyclic) bond motifs is 1. The molecule has 0 saturated heterocycles. The van der Waals surface area contributed by atoms with E-state index >= 15 is 0 Å². The Balaban J connectivity index is 1.50. The Morgan fingerprint density at radius 3 is 2.65 bits per heavy atom. The van der Waals surface area contributed by atoms with Crippen LogP contribution in [0.3, 0.4) is 0 Å². The summed E-state index contributed by atoms with van der Waals surface area (Å²) in [5.74, 6) is 0.542. The normalized spacial score (nSPS) is 15.5. The van der Waals surface area contributed by atoms with Crippen molar-refractivity contribution in [3.8, 4) is 0 Å². The Hall–Kier alpha value is -2.62. The van der Waals surface area contributed by atoms with Crippen LogP contribution in [0.4, 0.5) is 0 Å². The molecule has 4 nitrogen and oxygen atoms in total. The molecule has 4 heteroatoms. The number of amides is 1. The molecule has 0 aliphatic heterocycles. The van der Waals surface area contributed by atoms with Crippen molar-refractivity contribution < 1.29 is 9.32 Å². The van der Waals surface area contributed by atoms with Gasteiger partial charge in [0.15, 0.2) is 5.58 Å². The molecular formula is C19H18N2O2. The van der Waals surface area contributed by atoms with Crippen molar-refractivity contribution in [1.82, 2.24) is 10.5 Å². The van der Waals surface area contributed by atoms with E-state index in [1.165, 1.54) is 18.4 Å². The number of nitrogens with one attached hydrogen (secondary N) is 1. The third-order valence-corrected chi connectivity index (χ3v) is 4.35.